The highest BCUT2D eigenvalue weighted by molar-refractivity contribution is 7.49. The van der Waals surface area contributed by atoms with E-state index in [-0.39, 0.29) is 13.2 Å². The molecule has 2 aromatic heterocycles. The van der Waals surface area contributed by atoms with Crippen molar-refractivity contribution in [1.29, 1.82) is 0 Å². The lowest BCUT2D eigenvalue weighted by atomic mass is 10.1. The third-order valence-corrected chi connectivity index (χ3v) is 6.26. The lowest BCUT2D eigenvalue weighted by Gasteiger charge is -2.27. The maximum atomic E-state index is 12.9. The number of aryl methyl sites for hydroxylation is 2. The van der Waals surface area contributed by atoms with Crippen LogP contribution in [0.4, 0.5) is 5.82 Å². The molecule has 2 aliphatic rings. The Hall–Kier alpha value is -2.78. The van der Waals surface area contributed by atoms with Crippen molar-refractivity contribution >= 4 is 24.8 Å². The van der Waals surface area contributed by atoms with E-state index in [0.29, 0.717) is 22.7 Å². The number of hydrogen-bond acceptors (Lipinski definition) is 9. The first-order chi connectivity index (χ1) is 14.4. The van der Waals surface area contributed by atoms with Crippen molar-refractivity contribution in [2.24, 2.45) is 0 Å². The lowest BCUT2D eigenvalue weighted by Crippen LogP contribution is -2.19. The van der Waals surface area contributed by atoms with Gasteiger partial charge < -0.3 is 15.0 Å². The van der Waals surface area contributed by atoms with E-state index in [1.807, 2.05) is 38.1 Å². The van der Waals surface area contributed by atoms with Crippen molar-refractivity contribution < 1.29 is 22.9 Å². The number of phosphoric acid groups is 1. The second-order valence-corrected chi connectivity index (χ2v) is 8.80. The third kappa shape index (κ3) is 3.37. The van der Waals surface area contributed by atoms with Gasteiger partial charge in [-0.05, 0) is 25.5 Å². The van der Waals surface area contributed by atoms with Crippen molar-refractivity contribution in [2.45, 2.75) is 32.8 Å². The van der Waals surface area contributed by atoms with Gasteiger partial charge in [-0.2, -0.15) is 0 Å². The number of nitrogens with two attached hydrogens (primary N) is 1. The summed E-state index contributed by atoms with van der Waals surface area (Å²) in [6.45, 7) is 4.07. The highest BCUT2D eigenvalue weighted by Gasteiger charge is 2.36. The van der Waals surface area contributed by atoms with Crippen molar-refractivity contribution in [3.63, 3.8) is 0 Å². The highest BCUT2D eigenvalue weighted by Crippen LogP contribution is 2.55. The maximum absolute atomic E-state index is 12.9. The predicted molar refractivity (Wildman–Crippen MR) is 108 cm³/mol. The monoisotopic (exact) mass is 429 g/mol. The van der Waals surface area contributed by atoms with Gasteiger partial charge >= 0.3 is 7.82 Å². The van der Waals surface area contributed by atoms with Crippen LogP contribution in [0.3, 0.4) is 0 Å². The molecule has 0 radical (unpaired) electrons. The van der Waals surface area contributed by atoms with Gasteiger partial charge in [0.25, 0.3) is 0 Å². The molecule has 0 fully saturated rings. The molecule has 0 aliphatic carbocycles. The van der Waals surface area contributed by atoms with Crippen LogP contribution in [0, 0.1) is 13.8 Å². The SMILES string of the molecule is Cc1cc(C)c2c(c1)COP(=O)(OC[C@@H]1C=C[C@H](n3cnc4c(N)ncnc43)O1)O2. The number of hydrogen-bond donors (Lipinski definition) is 1. The number of anilines is 1. The molecular formula is C19H20N5O5P. The molecular weight excluding hydrogens is 409 g/mol. The van der Waals surface area contributed by atoms with Crippen LogP contribution < -0.4 is 10.3 Å². The molecule has 0 saturated heterocycles. The van der Waals surface area contributed by atoms with Crippen molar-refractivity contribution in [2.75, 3.05) is 12.3 Å². The van der Waals surface area contributed by atoms with Crippen LogP contribution in [0.25, 0.3) is 11.2 Å². The third-order valence-electron chi connectivity index (χ3n) is 4.94. The molecule has 0 amide bonds. The zero-order valence-electron chi connectivity index (χ0n) is 16.4. The number of benzene rings is 1. The van der Waals surface area contributed by atoms with E-state index in [2.05, 4.69) is 15.0 Å². The highest BCUT2D eigenvalue weighted by atomic mass is 31.2. The largest absolute Gasteiger partial charge is 0.530 e. The van der Waals surface area contributed by atoms with Crippen molar-refractivity contribution in [1.82, 2.24) is 19.5 Å². The molecule has 0 saturated carbocycles. The van der Waals surface area contributed by atoms with E-state index in [4.69, 9.17) is 24.0 Å². The Labute approximate surface area is 172 Å². The van der Waals surface area contributed by atoms with Crippen LogP contribution in [0.15, 0.2) is 36.9 Å². The van der Waals surface area contributed by atoms with Gasteiger partial charge in [0.2, 0.25) is 0 Å². The smallest absolute Gasteiger partial charge is 0.403 e. The van der Waals surface area contributed by atoms with E-state index in [9.17, 15) is 4.57 Å². The summed E-state index contributed by atoms with van der Waals surface area (Å²) in [7, 11) is -3.74. The zero-order valence-corrected chi connectivity index (χ0v) is 17.3. The first-order valence-electron chi connectivity index (χ1n) is 9.37. The number of aromatic nitrogens is 4. The molecule has 2 aliphatic heterocycles. The average Bonchev–Trinajstić information content (AvgIpc) is 3.35. The second kappa shape index (κ2) is 7.17. The molecule has 10 nitrogen and oxygen atoms in total. The van der Waals surface area contributed by atoms with Crippen LogP contribution in [-0.4, -0.2) is 32.2 Å². The summed E-state index contributed by atoms with van der Waals surface area (Å²) in [6, 6.07) is 3.92. The Morgan fingerprint density at radius 3 is 3.00 bits per heavy atom. The normalized spacial score (nSPS) is 25.4. The van der Waals surface area contributed by atoms with Crippen LogP contribution in [-0.2, 0) is 25.0 Å². The van der Waals surface area contributed by atoms with E-state index >= 15 is 0 Å². The Kier molecular flexibility index (Phi) is 4.59. The summed E-state index contributed by atoms with van der Waals surface area (Å²) in [5.41, 5.74) is 9.73. The van der Waals surface area contributed by atoms with Gasteiger partial charge in [0.1, 0.15) is 23.7 Å². The Morgan fingerprint density at radius 1 is 1.27 bits per heavy atom. The Bertz CT molecular complexity index is 1210. The summed E-state index contributed by atoms with van der Waals surface area (Å²) in [5, 5.41) is 0. The number of phosphoric ester groups is 1. The fourth-order valence-corrected chi connectivity index (χ4v) is 4.88. The molecule has 156 valence electrons. The van der Waals surface area contributed by atoms with Crippen molar-refractivity contribution in [3.8, 4) is 5.75 Å². The van der Waals surface area contributed by atoms with Crippen LogP contribution >= 0.6 is 7.82 Å². The van der Waals surface area contributed by atoms with Crippen LogP contribution in [0.1, 0.15) is 22.9 Å². The number of fused-ring (bicyclic) bond motifs is 2. The number of imidazole rings is 1. The molecule has 2 N–H and O–H groups in total. The van der Waals surface area contributed by atoms with Crippen LogP contribution in [0.2, 0.25) is 0 Å². The molecule has 1 aromatic carbocycles. The molecule has 0 spiro atoms. The average molecular weight is 429 g/mol. The van der Waals surface area contributed by atoms with E-state index in [1.54, 1.807) is 10.9 Å². The zero-order chi connectivity index (χ0) is 20.9. The Balaban J connectivity index is 1.25. The van der Waals surface area contributed by atoms with E-state index in [1.165, 1.54) is 6.33 Å². The molecule has 5 rings (SSSR count). The number of nitrogen functional groups attached to an aromatic ring is 1. The number of ether oxygens (including phenoxy) is 1. The standard InChI is InChI=1S/C19H20N5O5P/c1-11-5-12(2)17-13(6-11)7-26-30(25,29-17)27-8-14-3-4-15(28-14)24-10-23-16-18(20)21-9-22-19(16)24/h3-6,9-10,14-15H,7-8H2,1-2H3,(H2,20,21,22)/t14-,15+,30?/m0/s1. The van der Waals surface area contributed by atoms with Gasteiger partial charge in [0.05, 0.1) is 19.5 Å². The quantitative estimate of drug-likeness (QED) is 0.492. The predicted octanol–water partition coefficient (Wildman–Crippen LogP) is 3.21. The second-order valence-electron chi connectivity index (χ2n) is 7.21. The Morgan fingerprint density at radius 2 is 2.13 bits per heavy atom. The van der Waals surface area contributed by atoms with Gasteiger partial charge in [-0.1, -0.05) is 23.8 Å². The summed E-state index contributed by atoms with van der Waals surface area (Å²) in [4.78, 5) is 12.4. The summed E-state index contributed by atoms with van der Waals surface area (Å²) < 4.78 is 37.2. The topological polar surface area (TPSA) is 124 Å². The van der Waals surface area contributed by atoms with Gasteiger partial charge in [-0.25, -0.2) is 19.5 Å². The first kappa shape index (κ1) is 19.2. The molecule has 30 heavy (non-hydrogen) atoms. The molecule has 3 atom stereocenters. The summed E-state index contributed by atoms with van der Waals surface area (Å²) >= 11 is 0. The molecule has 1 unspecified atom stereocenters. The number of rotatable bonds is 4. The minimum atomic E-state index is -3.74. The molecule has 0 bridgehead atoms. The fourth-order valence-electron chi connectivity index (χ4n) is 3.59. The fraction of sp³-hybridized carbons (Fsp3) is 0.316. The summed E-state index contributed by atoms with van der Waals surface area (Å²) in [5.74, 6) is 0.856. The van der Waals surface area contributed by atoms with E-state index < -0.39 is 20.2 Å². The van der Waals surface area contributed by atoms with E-state index in [0.717, 1.165) is 16.7 Å². The maximum Gasteiger partial charge on any atom is 0.530 e. The minimum Gasteiger partial charge on any atom is -0.403 e. The van der Waals surface area contributed by atoms with Gasteiger partial charge in [0.15, 0.2) is 17.7 Å². The van der Waals surface area contributed by atoms with Gasteiger partial charge in [-0.3, -0.25) is 13.6 Å². The van der Waals surface area contributed by atoms with Gasteiger partial charge in [0, 0.05) is 5.56 Å². The van der Waals surface area contributed by atoms with Crippen LogP contribution in [0.5, 0.6) is 5.75 Å². The summed E-state index contributed by atoms with van der Waals surface area (Å²) in [6.07, 6.45) is 5.74. The minimum absolute atomic E-state index is 0.00821. The molecule has 11 heteroatoms. The first-order valence-corrected chi connectivity index (χ1v) is 10.8. The molecule has 3 aromatic rings. The van der Waals surface area contributed by atoms with Gasteiger partial charge in [-0.15, -0.1) is 0 Å². The van der Waals surface area contributed by atoms with Crippen molar-refractivity contribution in [3.05, 3.63) is 53.6 Å². The molecule has 4 heterocycles. The lowest BCUT2D eigenvalue weighted by molar-refractivity contribution is -0.00933. The number of nitrogens with zero attached hydrogens (tertiary/aromatic N) is 4.